The van der Waals surface area contributed by atoms with Gasteiger partial charge >= 0.3 is 18.1 Å². The van der Waals surface area contributed by atoms with E-state index in [0.717, 1.165) is 0 Å². The number of hydrogen-bond donors (Lipinski definition) is 0. The zero-order chi connectivity index (χ0) is 18.0. The Hall–Kier alpha value is -2.19. The third kappa shape index (κ3) is 4.17. The van der Waals surface area contributed by atoms with Gasteiger partial charge in [-0.05, 0) is 38.5 Å². The fourth-order valence-electron chi connectivity index (χ4n) is 1.59. The minimum Gasteiger partial charge on any atom is -0.465 e. The first-order valence-corrected chi connectivity index (χ1v) is 6.37. The van der Waals surface area contributed by atoms with Gasteiger partial charge in [0.15, 0.2) is 11.6 Å². The normalized spacial score (nSPS) is 12.0. The van der Waals surface area contributed by atoms with E-state index >= 15 is 0 Å². The van der Waals surface area contributed by atoms with Crippen molar-refractivity contribution in [1.82, 2.24) is 0 Å². The number of carbonyl (C=O) groups excluding carboxylic acids is 2. The molecular weight excluding hydrogens is 327 g/mol. The van der Waals surface area contributed by atoms with Crippen LogP contribution in [0.3, 0.4) is 0 Å². The Kier molecular flexibility index (Phi) is 5.34. The van der Waals surface area contributed by atoms with Gasteiger partial charge in [-0.3, -0.25) is 4.79 Å². The molecule has 0 radical (unpaired) electrons. The molecule has 0 unspecified atom stereocenters. The molecule has 0 N–H and O–H groups in total. The van der Waals surface area contributed by atoms with Crippen LogP contribution in [0.1, 0.15) is 26.3 Å². The van der Waals surface area contributed by atoms with E-state index in [0.29, 0.717) is 12.1 Å². The van der Waals surface area contributed by atoms with Crippen LogP contribution in [0.25, 0.3) is 0 Å². The van der Waals surface area contributed by atoms with Crippen LogP contribution in [0.15, 0.2) is 12.1 Å². The van der Waals surface area contributed by atoms with Crippen molar-refractivity contribution < 1.29 is 41.0 Å². The molecule has 1 aromatic carbocycles. The quantitative estimate of drug-likeness (QED) is 0.480. The van der Waals surface area contributed by atoms with Gasteiger partial charge in [-0.1, -0.05) is 0 Å². The van der Waals surface area contributed by atoms with Crippen LogP contribution in [0.2, 0.25) is 0 Å². The highest BCUT2D eigenvalue weighted by molar-refractivity contribution is 5.83. The molecule has 0 bridgehead atoms. The zero-order valence-electron chi connectivity index (χ0n) is 12.4. The predicted octanol–water partition coefficient (Wildman–Crippen LogP) is 3.27. The highest BCUT2D eigenvalue weighted by Gasteiger charge is 2.42. The van der Waals surface area contributed by atoms with Crippen molar-refractivity contribution in [3.05, 3.63) is 29.3 Å². The van der Waals surface area contributed by atoms with Gasteiger partial charge in [0.25, 0.3) is 0 Å². The van der Waals surface area contributed by atoms with Crippen LogP contribution in [0, 0.1) is 11.6 Å². The number of ether oxygens (including phenoxy) is 2. The fourth-order valence-corrected chi connectivity index (χ4v) is 1.59. The molecule has 128 valence electrons. The summed E-state index contributed by atoms with van der Waals surface area (Å²) in [6, 6.07) is 1.27. The van der Waals surface area contributed by atoms with E-state index in [4.69, 9.17) is 4.74 Å². The monoisotopic (exact) mass is 340 g/mol. The van der Waals surface area contributed by atoms with Crippen molar-refractivity contribution in [3.8, 4) is 5.75 Å². The molecule has 4 nitrogen and oxygen atoms in total. The Morgan fingerprint density at radius 2 is 1.65 bits per heavy atom. The molecule has 1 rings (SSSR count). The summed E-state index contributed by atoms with van der Waals surface area (Å²) in [5, 5.41) is 0. The van der Waals surface area contributed by atoms with E-state index in [2.05, 4.69) is 4.74 Å². The molecule has 0 aromatic heterocycles. The number of halogens is 5. The molecule has 1 aromatic rings. The van der Waals surface area contributed by atoms with Crippen LogP contribution in [0.5, 0.6) is 5.75 Å². The van der Waals surface area contributed by atoms with E-state index < -0.39 is 40.9 Å². The average molecular weight is 340 g/mol. The maximum Gasteiger partial charge on any atom is 0.491 e. The van der Waals surface area contributed by atoms with Crippen molar-refractivity contribution in [3.63, 3.8) is 0 Å². The van der Waals surface area contributed by atoms with Gasteiger partial charge in [0.2, 0.25) is 5.82 Å². The molecule has 0 amide bonds. The lowest BCUT2D eigenvalue weighted by atomic mass is 9.84. The summed E-state index contributed by atoms with van der Waals surface area (Å²) in [4.78, 5) is 22.6. The first-order chi connectivity index (χ1) is 10.4. The van der Waals surface area contributed by atoms with E-state index in [1.54, 1.807) is 0 Å². The number of rotatable bonds is 4. The van der Waals surface area contributed by atoms with Gasteiger partial charge in [0.05, 0.1) is 12.0 Å². The first-order valence-electron chi connectivity index (χ1n) is 6.37. The van der Waals surface area contributed by atoms with Crippen molar-refractivity contribution in [2.45, 2.75) is 32.4 Å². The Balaban J connectivity index is 3.29. The molecular formula is C14H13F5O4. The van der Waals surface area contributed by atoms with E-state index in [-0.39, 0.29) is 12.2 Å². The molecule has 0 saturated heterocycles. The Labute approximate surface area is 128 Å². The summed E-state index contributed by atoms with van der Waals surface area (Å²) in [6.07, 6.45) is -5.38. The summed E-state index contributed by atoms with van der Waals surface area (Å²) in [6.45, 7) is 4.14. The minimum atomic E-state index is -5.38. The lowest BCUT2D eigenvalue weighted by Gasteiger charge is -2.23. The van der Waals surface area contributed by atoms with Gasteiger partial charge in [-0.15, -0.1) is 0 Å². The summed E-state index contributed by atoms with van der Waals surface area (Å²) >= 11 is 0. The van der Waals surface area contributed by atoms with Crippen LogP contribution < -0.4 is 4.74 Å². The molecule has 0 spiro atoms. The summed E-state index contributed by atoms with van der Waals surface area (Å²) < 4.78 is 72.2. The third-order valence-electron chi connectivity index (χ3n) is 2.94. The summed E-state index contributed by atoms with van der Waals surface area (Å²) in [7, 11) is 0. The van der Waals surface area contributed by atoms with E-state index in [1.807, 2.05) is 0 Å². The van der Waals surface area contributed by atoms with E-state index in [9.17, 15) is 31.5 Å². The second-order valence-electron chi connectivity index (χ2n) is 5.00. The molecule has 0 aliphatic carbocycles. The molecule has 0 heterocycles. The number of carbonyl (C=O) groups is 2. The Morgan fingerprint density at radius 3 is 2.13 bits per heavy atom. The fraction of sp³-hybridized carbons (Fsp3) is 0.429. The van der Waals surface area contributed by atoms with Gasteiger partial charge < -0.3 is 9.47 Å². The van der Waals surface area contributed by atoms with Crippen LogP contribution in [-0.2, 0) is 19.7 Å². The van der Waals surface area contributed by atoms with Gasteiger partial charge in [-0.2, -0.15) is 17.6 Å². The maximum atomic E-state index is 13.6. The van der Waals surface area contributed by atoms with Crippen LogP contribution in [0.4, 0.5) is 22.0 Å². The smallest absolute Gasteiger partial charge is 0.465 e. The van der Waals surface area contributed by atoms with Crippen molar-refractivity contribution in [1.29, 1.82) is 0 Å². The highest BCUT2D eigenvalue weighted by Crippen LogP contribution is 2.32. The van der Waals surface area contributed by atoms with Crippen molar-refractivity contribution in [2.24, 2.45) is 0 Å². The molecule has 9 heteroatoms. The standard InChI is InChI=1S/C14H13F5O4/c1-4-22-11(20)13(2,3)7-5-8(15)10(16)9(6-7)23-12(21)14(17,18)19/h5-6H,4H2,1-3H3. The molecule has 0 fully saturated rings. The van der Waals surface area contributed by atoms with Crippen molar-refractivity contribution in [2.75, 3.05) is 6.61 Å². The van der Waals surface area contributed by atoms with E-state index in [1.165, 1.54) is 20.8 Å². The molecule has 0 aliphatic heterocycles. The molecule has 0 aliphatic rings. The predicted molar refractivity (Wildman–Crippen MR) is 67.7 cm³/mol. The molecule has 23 heavy (non-hydrogen) atoms. The lowest BCUT2D eigenvalue weighted by Crippen LogP contribution is -2.32. The number of benzene rings is 1. The first kappa shape index (κ1) is 18.9. The van der Waals surface area contributed by atoms with Gasteiger partial charge in [0.1, 0.15) is 0 Å². The zero-order valence-corrected chi connectivity index (χ0v) is 12.4. The van der Waals surface area contributed by atoms with Crippen molar-refractivity contribution >= 4 is 11.9 Å². The van der Waals surface area contributed by atoms with Crippen LogP contribution >= 0.6 is 0 Å². The lowest BCUT2D eigenvalue weighted by molar-refractivity contribution is -0.189. The largest absolute Gasteiger partial charge is 0.491 e. The number of alkyl halides is 3. The topological polar surface area (TPSA) is 52.6 Å². The van der Waals surface area contributed by atoms with Gasteiger partial charge in [0, 0.05) is 0 Å². The SMILES string of the molecule is CCOC(=O)C(C)(C)c1cc(F)c(F)c(OC(=O)C(F)(F)F)c1. The van der Waals surface area contributed by atoms with Gasteiger partial charge in [-0.25, -0.2) is 9.18 Å². The Bertz CT molecular complexity index is 622. The summed E-state index contributed by atoms with van der Waals surface area (Å²) in [5.41, 5.74) is -1.70. The number of hydrogen-bond acceptors (Lipinski definition) is 4. The molecule has 0 atom stereocenters. The summed E-state index contributed by atoms with van der Waals surface area (Å²) in [5.74, 6) is -8.11. The average Bonchev–Trinajstić information content (AvgIpc) is 2.42. The second kappa shape index (κ2) is 6.51. The second-order valence-corrected chi connectivity index (χ2v) is 5.00. The third-order valence-corrected chi connectivity index (χ3v) is 2.94. The maximum absolute atomic E-state index is 13.6. The Morgan fingerprint density at radius 1 is 1.09 bits per heavy atom. The molecule has 0 saturated carbocycles. The number of esters is 2. The van der Waals surface area contributed by atoms with Crippen LogP contribution in [-0.4, -0.2) is 24.7 Å². The highest BCUT2D eigenvalue weighted by atomic mass is 19.4. The minimum absolute atomic E-state index is 0.0157.